The summed E-state index contributed by atoms with van der Waals surface area (Å²) in [7, 11) is 0. The van der Waals surface area contributed by atoms with Crippen molar-refractivity contribution >= 4 is 11.9 Å². The van der Waals surface area contributed by atoms with E-state index in [1.54, 1.807) is 0 Å². The number of aliphatic hydroxyl groups excluding tert-OH is 1. The van der Waals surface area contributed by atoms with Crippen LogP contribution in [0.5, 0.6) is 0 Å². The minimum absolute atomic E-state index is 0.0747. The second kappa shape index (κ2) is 57.9. The van der Waals surface area contributed by atoms with Crippen LogP contribution in [0, 0.1) is 0 Å². The van der Waals surface area contributed by atoms with Crippen LogP contribution >= 0.6 is 0 Å². The van der Waals surface area contributed by atoms with Gasteiger partial charge in [0, 0.05) is 12.8 Å². The summed E-state index contributed by atoms with van der Waals surface area (Å²) in [6.45, 7) is 3.95. The zero-order valence-corrected chi connectivity index (χ0v) is 44.3. The smallest absolute Gasteiger partial charge is 0.306 e. The van der Waals surface area contributed by atoms with Crippen molar-refractivity contribution in [3.63, 3.8) is 0 Å². The fourth-order valence-electron chi connectivity index (χ4n) is 7.81. The Kier molecular flexibility index (Phi) is 54.9. The van der Waals surface area contributed by atoms with Crippen LogP contribution in [0.2, 0.25) is 0 Å². The zero-order chi connectivity index (χ0) is 49.2. The molecule has 0 aromatic rings. The van der Waals surface area contributed by atoms with Gasteiger partial charge in [0.05, 0.1) is 6.61 Å². The highest BCUT2D eigenvalue weighted by Gasteiger charge is 2.16. The minimum atomic E-state index is -0.780. The molecular formula is C63H106O5. The molecule has 0 radical (unpaired) electrons. The van der Waals surface area contributed by atoms with Crippen molar-refractivity contribution in [2.75, 3.05) is 13.2 Å². The molecule has 0 fully saturated rings. The van der Waals surface area contributed by atoms with Gasteiger partial charge in [-0.15, -0.1) is 0 Å². The molecule has 0 rings (SSSR count). The van der Waals surface area contributed by atoms with Gasteiger partial charge >= 0.3 is 11.9 Å². The van der Waals surface area contributed by atoms with Crippen LogP contribution in [-0.4, -0.2) is 36.4 Å². The van der Waals surface area contributed by atoms with Crippen molar-refractivity contribution in [1.29, 1.82) is 0 Å². The molecule has 0 heterocycles. The highest BCUT2D eigenvalue weighted by molar-refractivity contribution is 5.70. The van der Waals surface area contributed by atoms with Crippen LogP contribution in [0.25, 0.3) is 0 Å². The van der Waals surface area contributed by atoms with Gasteiger partial charge in [0.2, 0.25) is 0 Å². The molecule has 0 spiro atoms. The third-order valence-corrected chi connectivity index (χ3v) is 12.0. The molecule has 0 saturated carbocycles. The van der Waals surface area contributed by atoms with Gasteiger partial charge in [-0.2, -0.15) is 0 Å². The first kappa shape index (κ1) is 64.6. The normalized spacial score (nSPS) is 13.0. The number of hydrogen-bond donors (Lipinski definition) is 1. The quantitative estimate of drug-likeness (QED) is 0.0374. The van der Waals surface area contributed by atoms with Crippen LogP contribution in [0.4, 0.5) is 0 Å². The van der Waals surface area contributed by atoms with Crippen molar-refractivity contribution < 1.29 is 24.2 Å². The molecule has 1 N–H and O–H groups in total. The Morgan fingerprint density at radius 1 is 0.353 bits per heavy atom. The number of carbonyl (C=O) groups excluding carboxylic acids is 2. The lowest BCUT2D eigenvalue weighted by Gasteiger charge is -2.15. The number of carbonyl (C=O) groups is 2. The summed E-state index contributed by atoms with van der Waals surface area (Å²) in [6, 6.07) is 0. The molecule has 0 aliphatic carbocycles. The van der Waals surface area contributed by atoms with Crippen molar-refractivity contribution in [1.82, 2.24) is 0 Å². The maximum atomic E-state index is 12.3. The van der Waals surface area contributed by atoms with Crippen LogP contribution in [0.1, 0.15) is 258 Å². The Morgan fingerprint density at radius 2 is 0.632 bits per heavy atom. The molecule has 0 aromatic heterocycles. The number of rotatable bonds is 51. The number of allylic oxidation sites excluding steroid dienone is 18. The first-order chi connectivity index (χ1) is 33.6. The zero-order valence-electron chi connectivity index (χ0n) is 44.3. The van der Waals surface area contributed by atoms with Crippen LogP contribution < -0.4 is 0 Å². The molecule has 1 atom stereocenters. The van der Waals surface area contributed by atoms with E-state index in [0.29, 0.717) is 12.8 Å². The van der Waals surface area contributed by atoms with Crippen LogP contribution in [-0.2, 0) is 19.1 Å². The van der Waals surface area contributed by atoms with E-state index >= 15 is 0 Å². The van der Waals surface area contributed by atoms with Gasteiger partial charge in [0.15, 0.2) is 6.10 Å². The van der Waals surface area contributed by atoms with Gasteiger partial charge < -0.3 is 14.6 Å². The Balaban J connectivity index is 3.46. The molecule has 0 amide bonds. The monoisotopic (exact) mass is 943 g/mol. The highest BCUT2D eigenvalue weighted by Crippen LogP contribution is 2.16. The van der Waals surface area contributed by atoms with E-state index in [-0.39, 0.29) is 25.2 Å². The molecule has 0 saturated heterocycles. The van der Waals surface area contributed by atoms with Crippen molar-refractivity contribution in [2.24, 2.45) is 0 Å². The van der Waals surface area contributed by atoms with E-state index in [9.17, 15) is 14.7 Å². The van der Waals surface area contributed by atoms with E-state index in [1.165, 1.54) is 128 Å². The first-order valence-corrected chi connectivity index (χ1v) is 28.4. The predicted molar refractivity (Wildman–Crippen MR) is 297 cm³/mol. The van der Waals surface area contributed by atoms with E-state index in [1.807, 2.05) is 0 Å². The SMILES string of the molecule is CC/C=C\C/C=C\C/C=C\C/C=C\C/C=C\C/C=C\C/C=C\CCCCCCCCCCCCCCCCCCCCCC(=O)OC(CO)COC(=O)CCCCCCC/C=C\C/C=C\CCC. The Bertz CT molecular complexity index is 1340. The molecule has 0 aliphatic rings. The average Bonchev–Trinajstić information content (AvgIpc) is 3.34. The standard InChI is InChI=1S/C63H106O5/c1-3-5-7-9-11-13-15-17-18-19-20-21-22-23-24-25-26-27-28-29-30-31-32-33-34-35-36-37-38-39-40-41-42-43-44-46-48-50-52-54-56-58-63(66)68-61(59-64)60-67-62(65)57-55-53-51-49-47-45-16-14-12-10-8-6-4-2/h5,7-8,10-11,13-14,16-18,20-21,23-24,26-27,29-30,61,64H,3-4,6,9,12,15,19,22,25,28,31-60H2,1-2H3/b7-5-,10-8-,13-11-,16-14-,18-17-,21-20-,24-23-,27-26-,30-29-. The molecule has 68 heavy (non-hydrogen) atoms. The molecule has 5 heteroatoms. The van der Waals surface area contributed by atoms with E-state index < -0.39 is 6.10 Å². The highest BCUT2D eigenvalue weighted by atomic mass is 16.6. The number of hydrogen-bond acceptors (Lipinski definition) is 5. The molecule has 0 bridgehead atoms. The summed E-state index contributed by atoms with van der Waals surface area (Å²) in [5.74, 6) is -0.605. The van der Waals surface area contributed by atoms with Gasteiger partial charge in [-0.25, -0.2) is 0 Å². The fourth-order valence-corrected chi connectivity index (χ4v) is 7.81. The summed E-state index contributed by atoms with van der Waals surface area (Å²) < 4.78 is 10.7. The van der Waals surface area contributed by atoms with Gasteiger partial charge in [-0.05, 0) is 96.3 Å². The second-order valence-electron chi connectivity index (χ2n) is 18.6. The lowest BCUT2D eigenvalue weighted by atomic mass is 10.0. The fraction of sp³-hybridized carbons (Fsp3) is 0.683. The minimum Gasteiger partial charge on any atom is -0.462 e. The molecule has 1 unspecified atom stereocenters. The number of aliphatic hydroxyl groups is 1. The van der Waals surface area contributed by atoms with E-state index in [4.69, 9.17) is 9.47 Å². The van der Waals surface area contributed by atoms with Gasteiger partial charge in [-0.1, -0.05) is 258 Å². The predicted octanol–water partition coefficient (Wildman–Crippen LogP) is 19.3. The first-order valence-electron chi connectivity index (χ1n) is 28.4. The van der Waals surface area contributed by atoms with Gasteiger partial charge in [0.25, 0.3) is 0 Å². The third-order valence-electron chi connectivity index (χ3n) is 12.0. The largest absolute Gasteiger partial charge is 0.462 e. The Labute approximate surface area is 421 Å². The Hall–Kier alpha value is -3.44. The number of esters is 2. The summed E-state index contributed by atoms with van der Waals surface area (Å²) in [5, 5.41) is 9.62. The van der Waals surface area contributed by atoms with E-state index in [2.05, 4.69) is 123 Å². The molecule has 388 valence electrons. The summed E-state index contributed by atoms with van der Waals surface area (Å²) in [4.78, 5) is 24.4. The van der Waals surface area contributed by atoms with Gasteiger partial charge in [-0.3, -0.25) is 9.59 Å². The van der Waals surface area contributed by atoms with E-state index in [0.717, 1.165) is 103 Å². The number of ether oxygens (including phenoxy) is 2. The molecular weight excluding hydrogens is 837 g/mol. The summed E-state index contributed by atoms with van der Waals surface area (Å²) in [6.07, 6.45) is 83.6. The van der Waals surface area contributed by atoms with Crippen LogP contribution in [0.3, 0.4) is 0 Å². The third kappa shape index (κ3) is 55.2. The van der Waals surface area contributed by atoms with Gasteiger partial charge in [0.1, 0.15) is 6.61 Å². The maximum absolute atomic E-state index is 12.3. The van der Waals surface area contributed by atoms with Crippen LogP contribution in [0.15, 0.2) is 109 Å². The Morgan fingerprint density at radius 3 is 0.956 bits per heavy atom. The lowest BCUT2D eigenvalue weighted by Crippen LogP contribution is -2.28. The lowest BCUT2D eigenvalue weighted by molar-refractivity contribution is -0.161. The second-order valence-corrected chi connectivity index (χ2v) is 18.6. The summed E-state index contributed by atoms with van der Waals surface area (Å²) in [5.41, 5.74) is 0. The number of unbranched alkanes of at least 4 members (excludes halogenated alkanes) is 25. The molecule has 0 aliphatic heterocycles. The van der Waals surface area contributed by atoms with Crippen molar-refractivity contribution in [3.8, 4) is 0 Å². The topological polar surface area (TPSA) is 72.8 Å². The average molecular weight is 944 g/mol. The van der Waals surface area contributed by atoms with Crippen molar-refractivity contribution in [3.05, 3.63) is 109 Å². The van der Waals surface area contributed by atoms with Crippen molar-refractivity contribution in [2.45, 2.75) is 264 Å². The summed E-state index contributed by atoms with van der Waals surface area (Å²) >= 11 is 0. The maximum Gasteiger partial charge on any atom is 0.306 e. The molecule has 5 nitrogen and oxygen atoms in total. The molecule has 0 aromatic carbocycles.